The molecular weight excluding hydrogens is 393 g/mol. The third-order valence-corrected chi connectivity index (χ3v) is 5.78. The minimum Gasteiger partial charge on any atom is -0.497 e. The molecule has 2 heterocycles. The van der Waals surface area contributed by atoms with E-state index in [4.69, 9.17) is 9.73 Å². The van der Waals surface area contributed by atoms with Crippen molar-refractivity contribution in [1.82, 2.24) is 4.90 Å². The lowest BCUT2D eigenvalue weighted by atomic mass is 9.91. The smallest absolute Gasteiger partial charge is 0.275 e. The van der Waals surface area contributed by atoms with Crippen LogP contribution in [0.15, 0.2) is 64.8 Å². The van der Waals surface area contributed by atoms with Crippen LogP contribution in [-0.4, -0.2) is 43.8 Å². The van der Waals surface area contributed by atoms with Crippen LogP contribution in [0.1, 0.15) is 31.9 Å². The molecule has 2 aromatic carbocycles. The maximum Gasteiger partial charge on any atom is 0.275 e. The van der Waals surface area contributed by atoms with Gasteiger partial charge in [-0.25, -0.2) is 4.39 Å². The van der Waals surface area contributed by atoms with Gasteiger partial charge >= 0.3 is 0 Å². The monoisotopic (exact) mass is 421 g/mol. The number of methoxy groups -OCH3 is 1. The Morgan fingerprint density at radius 1 is 1.13 bits per heavy atom. The van der Waals surface area contributed by atoms with Crippen molar-refractivity contribution in [2.45, 2.75) is 26.3 Å². The number of aliphatic imine (C=N–C) groups is 1. The van der Waals surface area contributed by atoms with E-state index in [0.717, 1.165) is 34.7 Å². The fraction of sp³-hybridized carbons (Fsp3) is 0.360. The van der Waals surface area contributed by atoms with Crippen LogP contribution in [0.25, 0.3) is 0 Å². The number of amides is 1. The van der Waals surface area contributed by atoms with E-state index in [1.54, 1.807) is 24.1 Å². The number of ether oxygens (including phenoxy) is 1. The van der Waals surface area contributed by atoms with Crippen LogP contribution in [0.2, 0.25) is 0 Å². The third kappa shape index (κ3) is 3.94. The molecule has 0 radical (unpaired) electrons. The summed E-state index contributed by atoms with van der Waals surface area (Å²) in [6.45, 7) is 5.64. The summed E-state index contributed by atoms with van der Waals surface area (Å²) in [5.74, 6) is 0.764. The van der Waals surface area contributed by atoms with E-state index in [1.807, 2.05) is 36.2 Å². The lowest BCUT2D eigenvalue weighted by molar-refractivity contribution is -0.116. The highest BCUT2D eigenvalue weighted by Crippen LogP contribution is 2.44. The Labute approximate surface area is 182 Å². The summed E-state index contributed by atoms with van der Waals surface area (Å²) in [6, 6.07) is 13.5. The van der Waals surface area contributed by atoms with E-state index in [0.29, 0.717) is 24.7 Å². The van der Waals surface area contributed by atoms with Crippen LogP contribution in [0.3, 0.4) is 0 Å². The van der Waals surface area contributed by atoms with Crippen molar-refractivity contribution < 1.29 is 13.9 Å². The number of carbonyl (C=O) groups excluding carboxylic acids is 1. The van der Waals surface area contributed by atoms with Gasteiger partial charge < -0.3 is 9.64 Å². The first-order valence-corrected chi connectivity index (χ1v) is 10.6. The van der Waals surface area contributed by atoms with Crippen LogP contribution in [0.4, 0.5) is 10.1 Å². The molecule has 1 atom stereocenters. The van der Waals surface area contributed by atoms with Gasteiger partial charge in [-0.05, 0) is 54.3 Å². The largest absolute Gasteiger partial charge is 0.497 e. The molecule has 0 N–H and O–H groups in total. The average molecular weight is 422 g/mol. The summed E-state index contributed by atoms with van der Waals surface area (Å²) in [5.41, 5.74) is 4.21. The van der Waals surface area contributed by atoms with Gasteiger partial charge in [-0.1, -0.05) is 26.0 Å². The zero-order chi connectivity index (χ0) is 22.1. The molecule has 6 heteroatoms. The Morgan fingerprint density at radius 3 is 2.42 bits per heavy atom. The van der Waals surface area contributed by atoms with Crippen molar-refractivity contribution >= 4 is 17.3 Å². The molecule has 2 aliphatic heterocycles. The van der Waals surface area contributed by atoms with E-state index >= 15 is 0 Å². The van der Waals surface area contributed by atoms with Crippen molar-refractivity contribution in [3.05, 3.63) is 71.2 Å². The van der Waals surface area contributed by atoms with Crippen LogP contribution in [0.5, 0.6) is 5.75 Å². The number of carbonyl (C=O) groups is 1. The zero-order valence-electron chi connectivity index (χ0n) is 18.4. The predicted molar refractivity (Wildman–Crippen MR) is 121 cm³/mol. The van der Waals surface area contributed by atoms with Gasteiger partial charge in [0, 0.05) is 30.6 Å². The maximum absolute atomic E-state index is 13.8. The molecule has 1 unspecified atom stereocenters. The second-order valence-electron chi connectivity index (χ2n) is 8.44. The van der Waals surface area contributed by atoms with E-state index < -0.39 is 0 Å². The number of halogens is 1. The molecule has 5 nitrogen and oxygen atoms in total. The van der Waals surface area contributed by atoms with Gasteiger partial charge in [-0.3, -0.25) is 14.7 Å². The highest BCUT2D eigenvalue weighted by atomic mass is 19.1. The molecule has 0 fully saturated rings. The van der Waals surface area contributed by atoms with Gasteiger partial charge in [-0.2, -0.15) is 0 Å². The highest BCUT2D eigenvalue weighted by molar-refractivity contribution is 6.19. The molecule has 0 spiro atoms. The number of likely N-dealkylation sites (N-methyl/N-ethyl adjacent to an activating group) is 1. The molecule has 0 bridgehead atoms. The summed E-state index contributed by atoms with van der Waals surface area (Å²) in [5, 5.41) is 0. The standard InChI is InChI=1S/C25H28FN3O2/c1-16(2)15-21-22-23(17-5-7-18(26)8-6-17)29(19-9-11-20(31-4)12-10-19)25(30)24(22)28(3)14-13-27-21/h5-12,16,23H,13-15H2,1-4H3. The predicted octanol–water partition coefficient (Wildman–Crippen LogP) is 4.61. The van der Waals surface area contributed by atoms with Crippen molar-refractivity contribution in [1.29, 1.82) is 0 Å². The van der Waals surface area contributed by atoms with Gasteiger partial charge in [-0.15, -0.1) is 0 Å². The minimum absolute atomic E-state index is 0.0599. The molecule has 31 heavy (non-hydrogen) atoms. The summed E-state index contributed by atoms with van der Waals surface area (Å²) in [6.07, 6.45) is 0.786. The molecule has 0 aromatic heterocycles. The average Bonchev–Trinajstić information content (AvgIpc) is 2.96. The Kier molecular flexibility index (Phi) is 5.81. The highest BCUT2D eigenvalue weighted by Gasteiger charge is 2.45. The molecule has 162 valence electrons. The molecule has 0 saturated carbocycles. The zero-order valence-corrected chi connectivity index (χ0v) is 18.4. The Morgan fingerprint density at radius 2 is 1.81 bits per heavy atom. The molecule has 0 aliphatic carbocycles. The molecular formula is C25H28FN3O2. The van der Waals surface area contributed by atoms with E-state index in [2.05, 4.69) is 13.8 Å². The van der Waals surface area contributed by atoms with Crippen molar-refractivity contribution in [3.63, 3.8) is 0 Å². The van der Waals surface area contributed by atoms with Crippen LogP contribution in [-0.2, 0) is 4.79 Å². The fourth-order valence-electron chi connectivity index (χ4n) is 4.33. The second-order valence-corrected chi connectivity index (χ2v) is 8.44. The number of hydrogen-bond acceptors (Lipinski definition) is 4. The van der Waals surface area contributed by atoms with E-state index in [-0.39, 0.29) is 17.8 Å². The van der Waals surface area contributed by atoms with Crippen molar-refractivity contribution in [2.24, 2.45) is 10.9 Å². The van der Waals surface area contributed by atoms with Crippen LogP contribution >= 0.6 is 0 Å². The summed E-state index contributed by atoms with van der Waals surface area (Å²) >= 11 is 0. The number of hydrogen-bond donors (Lipinski definition) is 0. The van der Waals surface area contributed by atoms with E-state index in [9.17, 15) is 9.18 Å². The molecule has 0 saturated heterocycles. The minimum atomic E-state index is -0.366. The van der Waals surface area contributed by atoms with E-state index in [1.165, 1.54) is 12.1 Å². The Balaban J connectivity index is 1.90. The first-order chi connectivity index (χ1) is 14.9. The molecule has 1 amide bonds. The number of anilines is 1. The molecule has 2 aliphatic rings. The fourth-order valence-corrected chi connectivity index (χ4v) is 4.33. The van der Waals surface area contributed by atoms with Gasteiger partial charge in [0.1, 0.15) is 17.3 Å². The number of nitrogens with zero attached hydrogens (tertiary/aromatic N) is 3. The summed E-state index contributed by atoms with van der Waals surface area (Å²) < 4.78 is 19.0. The van der Waals surface area contributed by atoms with Crippen LogP contribution < -0.4 is 9.64 Å². The number of benzene rings is 2. The summed E-state index contributed by atoms with van der Waals surface area (Å²) in [7, 11) is 3.56. The van der Waals surface area contributed by atoms with Crippen molar-refractivity contribution in [3.8, 4) is 5.75 Å². The van der Waals surface area contributed by atoms with Crippen LogP contribution in [0, 0.1) is 11.7 Å². The lowest BCUT2D eigenvalue weighted by Gasteiger charge is -2.29. The third-order valence-electron chi connectivity index (χ3n) is 5.78. The topological polar surface area (TPSA) is 45.1 Å². The Bertz CT molecular complexity index is 1030. The second kappa shape index (κ2) is 8.53. The first-order valence-electron chi connectivity index (χ1n) is 10.6. The maximum atomic E-state index is 13.8. The van der Waals surface area contributed by atoms with Gasteiger partial charge in [0.2, 0.25) is 0 Å². The first kappa shape index (κ1) is 21.1. The summed E-state index contributed by atoms with van der Waals surface area (Å²) in [4.78, 5) is 22.5. The molecule has 4 rings (SSSR count). The quantitative estimate of drug-likeness (QED) is 0.708. The normalized spacial score (nSPS) is 19.0. The van der Waals surface area contributed by atoms with Gasteiger partial charge in [0.15, 0.2) is 0 Å². The SMILES string of the molecule is COc1ccc(N2C(=O)C3=C(C(CC(C)C)=NCCN3C)C2c2ccc(F)cc2)cc1. The van der Waals surface area contributed by atoms with Gasteiger partial charge in [0.25, 0.3) is 5.91 Å². The van der Waals surface area contributed by atoms with Crippen molar-refractivity contribution in [2.75, 3.05) is 32.1 Å². The number of rotatable bonds is 5. The Hall–Kier alpha value is -3.15. The molecule has 2 aromatic rings. The van der Waals surface area contributed by atoms with Gasteiger partial charge in [0.05, 0.1) is 19.7 Å². The lowest BCUT2D eigenvalue weighted by Crippen LogP contribution is -2.34.